The van der Waals surface area contributed by atoms with Crippen molar-refractivity contribution in [3.8, 4) is 0 Å². The lowest BCUT2D eigenvalue weighted by atomic mass is 10.2. The third kappa shape index (κ3) is 3.03. The molecular formula is C14H27N5. The molecule has 0 bridgehead atoms. The Bertz CT molecular complexity index is 412. The molecule has 19 heavy (non-hydrogen) atoms. The summed E-state index contributed by atoms with van der Waals surface area (Å²) in [7, 11) is 1.96. The largest absolute Gasteiger partial charge is 0.394 e. The first-order valence-electron chi connectivity index (χ1n) is 7.46. The van der Waals surface area contributed by atoms with Crippen LogP contribution in [-0.2, 0) is 13.5 Å². The fraction of sp³-hybridized carbons (Fsp3) is 0.786. The Labute approximate surface area is 116 Å². The van der Waals surface area contributed by atoms with Crippen molar-refractivity contribution >= 4 is 11.5 Å². The maximum Gasteiger partial charge on any atom is 0.147 e. The number of nitrogens with two attached hydrogens (primary N) is 1. The van der Waals surface area contributed by atoms with Crippen molar-refractivity contribution < 1.29 is 0 Å². The van der Waals surface area contributed by atoms with E-state index in [0.29, 0.717) is 6.04 Å². The van der Waals surface area contributed by atoms with Crippen LogP contribution in [0.5, 0.6) is 0 Å². The van der Waals surface area contributed by atoms with Gasteiger partial charge in [-0.3, -0.25) is 9.58 Å². The predicted octanol–water partition coefficient (Wildman–Crippen LogP) is 1.85. The van der Waals surface area contributed by atoms with E-state index in [1.165, 1.54) is 19.4 Å². The predicted molar refractivity (Wildman–Crippen MR) is 80.4 cm³/mol. The fourth-order valence-corrected chi connectivity index (χ4v) is 2.98. The zero-order valence-electron chi connectivity index (χ0n) is 12.4. The van der Waals surface area contributed by atoms with Crippen LogP contribution in [0.4, 0.5) is 11.5 Å². The van der Waals surface area contributed by atoms with E-state index in [1.807, 2.05) is 11.7 Å². The molecule has 0 saturated carbocycles. The second kappa shape index (κ2) is 6.28. The van der Waals surface area contributed by atoms with Crippen molar-refractivity contribution in [2.45, 2.75) is 45.6 Å². The van der Waals surface area contributed by atoms with Gasteiger partial charge in [0.2, 0.25) is 0 Å². The first-order chi connectivity index (χ1) is 9.17. The van der Waals surface area contributed by atoms with Gasteiger partial charge in [0, 0.05) is 19.6 Å². The maximum atomic E-state index is 6.18. The maximum absolute atomic E-state index is 6.18. The minimum absolute atomic E-state index is 0.633. The number of aromatic nitrogens is 2. The molecule has 0 aliphatic carbocycles. The second-order valence-corrected chi connectivity index (χ2v) is 5.39. The number of rotatable bonds is 6. The molecule has 3 N–H and O–H groups in total. The van der Waals surface area contributed by atoms with E-state index in [-0.39, 0.29) is 0 Å². The SMILES string of the molecule is CCCc1nn(C)c(NCC2CCCN2CC)c1N. The van der Waals surface area contributed by atoms with Gasteiger partial charge in [-0.25, -0.2) is 0 Å². The van der Waals surface area contributed by atoms with E-state index >= 15 is 0 Å². The van der Waals surface area contributed by atoms with E-state index in [1.54, 1.807) is 0 Å². The lowest BCUT2D eigenvalue weighted by Gasteiger charge is -2.23. The smallest absolute Gasteiger partial charge is 0.147 e. The van der Waals surface area contributed by atoms with E-state index < -0.39 is 0 Å². The molecule has 1 unspecified atom stereocenters. The Morgan fingerprint density at radius 1 is 1.42 bits per heavy atom. The highest BCUT2D eigenvalue weighted by Crippen LogP contribution is 2.24. The number of hydrogen-bond donors (Lipinski definition) is 2. The lowest BCUT2D eigenvalue weighted by Crippen LogP contribution is -2.35. The summed E-state index contributed by atoms with van der Waals surface area (Å²) in [6, 6.07) is 0.633. The molecule has 1 atom stereocenters. The Hall–Kier alpha value is -1.23. The number of nitrogen functional groups attached to an aromatic ring is 1. The number of likely N-dealkylation sites (N-methyl/N-ethyl adjacent to an activating group) is 1. The average molecular weight is 265 g/mol. The molecule has 1 aliphatic rings. The van der Waals surface area contributed by atoms with Crippen molar-refractivity contribution in [2.75, 3.05) is 30.7 Å². The van der Waals surface area contributed by atoms with Gasteiger partial charge < -0.3 is 11.1 Å². The minimum atomic E-state index is 0.633. The molecule has 2 rings (SSSR count). The summed E-state index contributed by atoms with van der Waals surface area (Å²) in [5.41, 5.74) is 8.03. The van der Waals surface area contributed by atoms with Gasteiger partial charge in [-0.2, -0.15) is 5.10 Å². The summed E-state index contributed by atoms with van der Waals surface area (Å²) >= 11 is 0. The fourth-order valence-electron chi connectivity index (χ4n) is 2.98. The Balaban J connectivity index is 1.99. The number of hydrogen-bond acceptors (Lipinski definition) is 4. The summed E-state index contributed by atoms with van der Waals surface area (Å²) < 4.78 is 1.88. The topological polar surface area (TPSA) is 59.1 Å². The van der Waals surface area contributed by atoms with Gasteiger partial charge in [-0.05, 0) is 32.4 Å². The third-order valence-corrected chi connectivity index (χ3v) is 4.06. The third-order valence-electron chi connectivity index (χ3n) is 4.06. The van der Waals surface area contributed by atoms with Crippen LogP contribution < -0.4 is 11.1 Å². The zero-order chi connectivity index (χ0) is 13.8. The number of nitrogens with one attached hydrogen (secondary N) is 1. The molecule has 0 spiro atoms. The normalized spacial score (nSPS) is 20.1. The summed E-state index contributed by atoms with van der Waals surface area (Å²) in [6.45, 7) is 7.71. The van der Waals surface area contributed by atoms with Crippen LogP contribution in [0.1, 0.15) is 38.8 Å². The van der Waals surface area contributed by atoms with Crippen LogP contribution in [0.3, 0.4) is 0 Å². The summed E-state index contributed by atoms with van der Waals surface area (Å²) in [4.78, 5) is 2.53. The van der Waals surface area contributed by atoms with Crippen molar-refractivity contribution in [3.63, 3.8) is 0 Å². The molecule has 1 fully saturated rings. The molecule has 1 aromatic rings. The van der Waals surface area contributed by atoms with Crippen LogP contribution in [0.2, 0.25) is 0 Å². The van der Waals surface area contributed by atoms with E-state index in [4.69, 9.17) is 5.73 Å². The molecule has 5 nitrogen and oxygen atoms in total. The van der Waals surface area contributed by atoms with E-state index in [2.05, 4.69) is 29.2 Å². The summed E-state index contributed by atoms with van der Waals surface area (Å²) in [5, 5.41) is 8.00. The molecule has 1 aromatic heterocycles. The van der Waals surface area contributed by atoms with Crippen LogP contribution in [-0.4, -0.2) is 40.4 Å². The highest BCUT2D eigenvalue weighted by molar-refractivity contribution is 5.65. The molecule has 108 valence electrons. The minimum Gasteiger partial charge on any atom is -0.394 e. The van der Waals surface area contributed by atoms with Crippen LogP contribution >= 0.6 is 0 Å². The van der Waals surface area contributed by atoms with Gasteiger partial charge in [0.05, 0.1) is 11.4 Å². The molecule has 0 radical (unpaired) electrons. The summed E-state index contributed by atoms with van der Waals surface area (Å²) in [5.74, 6) is 0.978. The van der Waals surface area contributed by atoms with Gasteiger partial charge in [0.25, 0.3) is 0 Å². The lowest BCUT2D eigenvalue weighted by molar-refractivity contribution is 0.277. The second-order valence-electron chi connectivity index (χ2n) is 5.39. The summed E-state index contributed by atoms with van der Waals surface area (Å²) in [6.07, 6.45) is 4.61. The van der Waals surface area contributed by atoms with Crippen LogP contribution in [0, 0.1) is 0 Å². The first-order valence-corrected chi connectivity index (χ1v) is 7.46. The number of likely N-dealkylation sites (tertiary alicyclic amines) is 1. The first kappa shape index (κ1) is 14.2. The van der Waals surface area contributed by atoms with Gasteiger partial charge in [-0.1, -0.05) is 20.3 Å². The monoisotopic (exact) mass is 265 g/mol. The number of anilines is 2. The standard InChI is InChI=1S/C14H27N5/c1-4-7-12-13(15)14(18(3)17-12)16-10-11-8-6-9-19(11)5-2/h11,16H,4-10,15H2,1-3H3. The molecule has 1 saturated heterocycles. The highest BCUT2D eigenvalue weighted by Gasteiger charge is 2.23. The molecule has 0 amide bonds. The Kier molecular flexibility index (Phi) is 4.69. The highest BCUT2D eigenvalue weighted by atomic mass is 15.3. The molecule has 5 heteroatoms. The van der Waals surface area contributed by atoms with Crippen molar-refractivity contribution in [2.24, 2.45) is 7.05 Å². The van der Waals surface area contributed by atoms with Gasteiger partial charge in [0.1, 0.15) is 5.82 Å². The van der Waals surface area contributed by atoms with Crippen LogP contribution in [0.15, 0.2) is 0 Å². The van der Waals surface area contributed by atoms with Crippen molar-refractivity contribution in [1.82, 2.24) is 14.7 Å². The Morgan fingerprint density at radius 3 is 2.89 bits per heavy atom. The quantitative estimate of drug-likeness (QED) is 0.824. The van der Waals surface area contributed by atoms with Gasteiger partial charge >= 0.3 is 0 Å². The van der Waals surface area contributed by atoms with Crippen molar-refractivity contribution in [3.05, 3.63) is 5.69 Å². The average Bonchev–Trinajstić information content (AvgIpc) is 2.94. The molecule has 1 aliphatic heterocycles. The van der Waals surface area contributed by atoms with Crippen molar-refractivity contribution in [1.29, 1.82) is 0 Å². The molecule has 2 heterocycles. The Morgan fingerprint density at radius 2 is 2.21 bits per heavy atom. The zero-order valence-corrected chi connectivity index (χ0v) is 12.4. The number of nitrogens with zero attached hydrogens (tertiary/aromatic N) is 3. The van der Waals surface area contributed by atoms with Gasteiger partial charge in [0.15, 0.2) is 0 Å². The van der Waals surface area contributed by atoms with Crippen LogP contribution in [0.25, 0.3) is 0 Å². The van der Waals surface area contributed by atoms with E-state index in [0.717, 1.165) is 43.1 Å². The number of aryl methyl sites for hydroxylation is 2. The molecule has 0 aromatic carbocycles. The van der Waals surface area contributed by atoms with Gasteiger partial charge in [-0.15, -0.1) is 0 Å². The molecular weight excluding hydrogens is 238 g/mol. The van der Waals surface area contributed by atoms with E-state index in [9.17, 15) is 0 Å².